The molecule has 1 fully saturated rings. The average molecular weight is 316 g/mol. The molecule has 21 heavy (non-hydrogen) atoms. The standard InChI is InChI=1S/C12H20N4O4S/c1-15(2)21(18,19)9-10-7-20-8-11(10)14-12(17)6-16-5-3-4-13-16/h3-5,10-11H,6-9H2,1-2H3,(H,14,17)/t10-,11-/m0/s1. The molecule has 1 saturated heterocycles. The van der Waals surface area contributed by atoms with Crippen molar-refractivity contribution in [1.82, 2.24) is 19.4 Å². The molecule has 118 valence electrons. The van der Waals surface area contributed by atoms with Gasteiger partial charge in [-0.25, -0.2) is 12.7 Å². The van der Waals surface area contributed by atoms with Gasteiger partial charge in [0.25, 0.3) is 0 Å². The van der Waals surface area contributed by atoms with Gasteiger partial charge in [-0.2, -0.15) is 5.10 Å². The largest absolute Gasteiger partial charge is 0.379 e. The van der Waals surface area contributed by atoms with Gasteiger partial charge < -0.3 is 10.1 Å². The molecule has 0 aliphatic carbocycles. The number of sulfonamides is 1. The summed E-state index contributed by atoms with van der Waals surface area (Å²) in [4.78, 5) is 11.9. The van der Waals surface area contributed by atoms with Crippen molar-refractivity contribution in [2.45, 2.75) is 12.6 Å². The molecule has 1 amide bonds. The first-order valence-corrected chi connectivity index (χ1v) is 8.24. The number of carbonyl (C=O) groups excluding carboxylic acids is 1. The number of nitrogens with zero attached hydrogens (tertiary/aromatic N) is 3. The zero-order valence-electron chi connectivity index (χ0n) is 12.1. The molecular formula is C12H20N4O4S. The molecule has 2 rings (SSSR count). The molecule has 1 aromatic heterocycles. The van der Waals surface area contributed by atoms with Crippen LogP contribution in [-0.2, 0) is 26.1 Å². The Kier molecular flexibility index (Phi) is 4.96. The van der Waals surface area contributed by atoms with Crippen LogP contribution in [0, 0.1) is 5.92 Å². The van der Waals surface area contributed by atoms with Gasteiger partial charge in [0.05, 0.1) is 25.0 Å². The van der Waals surface area contributed by atoms with Crippen LogP contribution < -0.4 is 5.32 Å². The zero-order valence-corrected chi connectivity index (χ0v) is 12.9. The Morgan fingerprint density at radius 1 is 1.48 bits per heavy atom. The Morgan fingerprint density at radius 3 is 2.86 bits per heavy atom. The van der Waals surface area contributed by atoms with Crippen molar-refractivity contribution >= 4 is 15.9 Å². The summed E-state index contributed by atoms with van der Waals surface area (Å²) in [6.07, 6.45) is 3.29. The van der Waals surface area contributed by atoms with Crippen molar-refractivity contribution in [2.24, 2.45) is 5.92 Å². The lowest BCUT2D eigenvalue weighted by atomic mass is 10.1. The lowest BCUT2D eigenvalue weighted by Crippen LogP contribution is -2.44. The van der Waals surface area contributed by atoms with E-state index in [1.807, 2.05) is 0 Å². The third-order valence-corrected chi connectivity index (χ3v) is 5.35. The first-order chi connectivity index (χ1) is 9.88. The van der Waals surface area contributed by atoms with E-state index in [2.05, 4.69) is 10.4 Å². The summed E-state index contributed by atoms with van der Waals surface area (Å²) in [6, 6.07) is 1.45. The molecule has 1 N–H and O–H groups in total. The fraction of sp³-hybridized carbons (Fsp3) is 0.667. The molecule has 0 bridgehead atoms. The molecule has 2 heterocycles. The van der Waals surface area contributed by atoms with E-state index in [0.717, 1.165) is 0 Å². The molecule has 1 aromatic rings. The minimum atomic E-state index is -3.32. The number of hydrogen-bond donors (Lipinski definition) is 1. The third kappa shape index (κ3) is 4.26. The van der Waals surface area contributed by atoms with Crippen LogP contribution in [0.3, 0.4) is 0 Å². The van der Waals surface area contributed by atoms with E-state index in [9.17, 15) is 13.2 Å². The van der Waals surface area contributed by atoms with E-state index in [-0.39, 0.29) is 30.2 Å². The van der Waals surface area contributed by atoms with Crippen molar-refractivity contribution in [2.75, 3.05) is 33.1 Å². The van der Waals surface area contributed by atoms with E-state index in [0.29, 0.717) is 13.2 Å². The van der Waals surface area contributed by atoms with Crippen molar-refractivity contribution in [3.05, 3.63) is 18.5 Å². The fourth-order valence-corrected chi connectivity index (χ4v) is 3.30. The minimum absolute atomic E-state index is 0.0350. The number of ether oxygens (including phenoxy) is 1. The first-order valence-electron chi connectivity index (χ1n) is 6.63. The SMILES string of the molecule is CN(C)S(=O)(=O)C[C@@H]1COC[C@@H]1NC(=O)Cn1cccn1. The van der Waals surface area contributed by atoms with Crippen LogP contribution in [0.15, 0.2) is 18.5 Å². The van der Waals surface area contributed by atoms with Crippen LogP contribution in [0.4, 0.5) is 0 Å². The van der Waals surface area contributed by atoms with Gasteiger partial charge in [-0.3, -0.25) is 9.48 Å². The summed E-state index contributed by atoms with van der Waals surface area (Å²) < 4.78 is 31.8. The first kappa shape index (κ1) is 15.9. The van der Waals surface area contributed by atoms with Gasteiger partial charge in [0.1, 0.15) is 6.54 Å². The number of carbonyl (C=O) groups is 1. The molecule has 2 atom stereocenters. The molecule has 9 heteroatoms. The molecule has 0 saturated carbocycles. The highest BCUT2D eigenvalue weighted by molar-refractivity contribution is 7.89. The smallest absolute Gasteiger partial charge is 0.242 e. The second kappa shape index (κ2) is 6.54. The predicted molar refractivity (Wildman–Crippen MR) is 75.9 cm³/mol. The Hall–Kier alpha value is -1.45. The molecular weight excluding hydrogens is 296 g/mol. The quantitative estimate of drug-likeness (QED) is 0.719. The monoisotopic (exact) mass is 316 g/mol. The normalized spacial score (nSPS) is 22.6. The summed E-state index contributed by atoms with van der Waals surface area (Å²) in [5, 5.41) is 6.78. The number of rotatable bonds is 6. The molecule has 1 aliphatic rings. The highest BCUT2D eigenvalue weighted by Crippen LogP contribution is 2.17. The number of hydrogen-bond acceptors (Lipinski definition) is 5. The van der Waals surface area contributed by atoms with Gasteiger partial charge in [0, 0.05) is 32.4 Å². The predicted octanol–water partition coefficient (Wildman–Crippen LogP) is -1.09. The van der Waals surface area contributed by atoms with E-state index in [4.69, 9.17) is 4.74 Å². The van der Waals surface area contributed by atoms with Crippen LogP contribution in [0.5, 0.6) is 0 Å². The Bertz CT molecular complexity index is 570. The van der Waals surface area contributed by atoms with E-state index >= 15 is 0 Å². The van der Waals surface area contributed by atoms with Crippen molar-refractivity contribution in [3.8, 4) is 0 Å². The lowest BCUT2D eigenvalue weighted by Gasteiger charge is -2.21. The van der Waals surface area contributed by atoms with Crippen LogP contribution in [0.2, 0.25) is 0 Å². The second-order valence-electron chi connectivity index (χ2n) is 5.24. The van der Waals surface area contributed by atoms with E-state index in [1.165, 1.54) is 23.1 Å². The van der Waals surface area contributed by atoms with Crippen molar-refractivity contribution < 1.29 is 17.9 Å². The van der Waals surface area contributed by atoms with E-state index in [1.54, 1.807) is 18.5 Å². The van der Waals surface area contributed by atoms with Gasteiger partial charge in [0.2, 0.25) is 15.9 Å². The summed E-state index contributed by atoms with van der Waals surface area (Å²) in [5.41, 5.74) is 0. The van der Waals surface area contributed by atoms with Gasteiger partial charge in [-0.05, 0) is 6.07 Å². The molecule has 0 unspecified atom stereocenters. The van der Waals surface area contributed by atoms with Crippen molar-refractivity contribution in [1.29, 1.82) is 0 Å². The maximum Gasteiger partial charge on any atom is 0.242 e. The van der Waals surface area contributed by atoms with Crippen LogP contribution in [0.1, 0.15) is 0 Å². The maximum atomic E-state index is 11.9. The summed E-state index contributed by atoms with van der Waals surface area (Å²) in [7, 11) is -0.323. The van der Waals surface area contributed by atoms with Gasteiger partial charge >= 0.3 is 0 Å². The molecule has 0 spiro atoms. The Labute approximate surface area is 124 Å². The Morgan fingerprint density at radius 2 is 2.24 bits per heavy atom. The Balaban J connectivity index is 1.91. The van der Waals surface area contributed by atoms with Crippen molar-refractivity contribution in [3.63, 3.8) is 0 Å². The number of nitrogens with one attached hydrogen (secondary N) is 1. The topological polar surface area (TPSA) is 93.5 Å². The summed E-state index contributed by atoms with van der Waals surface area (Å²) >= 11 is 0. The average Bonchev–Trinajstić information content (AvgIpc) is 3.02. The summed E-state index contributed by atoms with van der Waals surface area (Å²) in [6.45, 7) is 0.773. The van der Waals surface area contributed by atoms with Crippen LogP contribution in [-0.4, -0.2) is 67.5 Å². The lowest BCUT2D eigenvalue weighted by molar-refractivity contribution is -0.122. The third-order valence-electron chi connectivity index (χ3n) is 3.39. The zero-order chi connectivity index (χ0) is 15.5. The molecule has 0 aromatic carbocycles. The number of amides is 1. The molecule has 8 nitrogen and oxygen atoms in total. The van der Waals surface area contributed by atoms with Crippen LogP contribution >= 0.6 is 0 Å². The number of aromatic nitrogens is 2. The highest BCUT2D eigenvalue weighted by atomic mass is 32.2. The minimum Gasteiger partial charge on any atom is -0.379 e. The highest BCUT2D eigenvalue weighted by Gasteiger charge is 2.34. The van der Waals surface area contributed by atoms with Gasteiger partial charge in [-0.15, -0.1) is 0 Å². The molecule has 1 aliphatic heterocycles. The van der Waals surface area contributed by atoms with Gasteiger partial charge in [0.15, 0.2) is 0 Å². The molecule has 0 radical (unpaired) electrons. The fourth-order valence-electron chi connectivity index (χ4n) is 2.14. The van der Waals surface area contributed by atoms with Gasteiger partial charge in [-0.1, -0.05) is 0 Å². The van der Waals surface area contributed by atoms with Crippen LogP contribution in [0.25, 0.3) is 0 Å². The summed E-state index contributed by atoms with van der Waals surface area (Å²) in [5.74, 6) is -0.479. The maximum absolute atomic E-state index is 11.9. The second-order valence-corrected chi connectivity index (χ2v) is 7.46. The van der Waals surface area contributed by atoms with E-state index < -0.39 is 10.0 Å².